The number of nitrogens with one attached hydrogen (secondary N) is 1. The minimum Gasteiger partial charge on any atom is -0.497 e. The van der Waals surface area contributed by atoms with Crippen LogP contribution in [0.2, 0.25) is 0 Å². The first kappa shape index (κ1) is 17.5. The third-order valence-electron chi connectivity index (χ3n) is 4.56. The summed E-state index contributed by atoms with van der Waals surface area (Å²) in [7, 11) is 1.67. The number of hydrogen-bond donors (Lipinski definition) is 1. The van der Waals surface area contributed by atoms with Gasteiger partial charge in [-0.3, -0.25) is 4.79 Å². The number of fused-ring (bicyclic) bond motifs is 1. The predicted octanol–water partition coefficient (Wildman–Crippen LogP) is 3.80. The number of amides is 1. The van der Waals surface area contributed by atoms with Crippen LogP contribution in [0, 0.1) is 6.92 Å². The molecule has 7 heteroatoms. The zero-order valence-corrected chi connectivity index (χ0v) is 16.0. The zero-order chi connectivity index (χ0) is 18.8. The highest BCUT2D eigenvalue weighted by atomic mass is 32.1. The highest BCUT2D eigenvalue weighted by molar-refractivity contribution is 7.14. The fraction of sp³-hybridized carbons (Fsp3) is 0.250. The van der Waals surface area contributed by atoms with Crippen molar-refractivity contribution in [1.29, 1.82) is 0 Å². The van der Waals surface area contributed by atoms with E-state index in [0.29, 0.717) is 23.9 Å². The van der Waals surface area contributed by atoms with Crippen LogP contribution in [-0.2, 0) is 13.0 Å². The van der Waals surface area contributed by atoms with Gasteiger partial charge in [0, 0.05) is 24.2 Å². The van der Waals surface area contributed by atoms with Gasteiger partial charge >= 0.3 is 0 Å². The van der Waals surface area contributed by atoms with Crippen LogP contribution in [0.25, 0.3) is 0 Å². The number of methoxy groups -OCH3 is 1. The molecule has 0 aliphatic carbocycles. The molecule has 0 bridgehead atoms. The molecular weight excluding hydrogens is 360 g/mol. The Hall–Kier alpha value is -2.93. The molecule has 3 aromatic rings. The fourth-order valence-corrected chi connectivity index (χ4v) is 3.83. The van der Waals surface area contributed by atoms with E-state index >= 15 is 0 Å². The quantitative estimate of drug-likeness (QED) is 0.746. The molecule has 0 atom stereocenters. The predicted molar refractivity (Wildman–Crippen MR) is 106 cm³/mol. The van der Waals surface area contributed by atoms with Crippen LogP contribution in [0.3, 0.4) is 0 Å². The molecule has 0 unspecified atom stereocenters. The summed E-state index contributed by atoms with van der Waals surface area (Å²) in [6, 6.07) is 11.8. The Morgan fingerprint density at radius 1 is 1.22 bits per heavy atom. The molecule has 3 heterocycles. The molecule has 1 aromatic carbocycles. The van der Waals surface area contributed by atoms with Gasteiger partial charge in [0.15, 0.2) is 5.13 Å². The molecule has 4 rings (SSSR count). The van der Waals surface area contributed by atoms with Crippen LogP contribution in [0.1, 0.15) is 27.3 Å². The Morgan fingerprint density at radius 2 is 2.11 bits per heavy atom. The Kier molecular flexibility index (Phi) is 4.77. The van der Waals surface area contributed by atoms with E-state index in [1.165, 1.54) is 16.9 Å². The number of hydrogen-bond acceptors (Lipinski definition) is 6. The van der Waals surface area contributed by atoms with Gasteiger partial charge in [-0.15, -0.1) is 11.3 Å². The monoisotopic (exact) mass is 380 g/mol. The number of carbonyl (C=O) groups is 1. The van der Waals surface area contributed by atoms with Gasteiger partial charge in [0.1, 0.15) is 17.3 Å². The van der Waals surface area contributed by atoms with Crippen molar-refractivity contribution in [3.63, 3.8) is 0 Å². The van der Waals surface area contributed by atoms with E-state index in [1.807, 2.05) is 42.2 Å². The van der Waals surface area contributed by atoms with E-state index in [4.69, 9.17) is 4.74 Å². The highest BCUT2D eigenvalue weighted by Gasteiger charge is 2.24. The summed E-state index contributed by atoms with van der Waals surface area (Å²) < 4.78 is 5.28. The van der Waals surface area contributed by atoms with Crippen molar-refractivity contribution in [3.05, 3.63) is 64.3 Å². The van der Waals surface area contributed by atoms with E-state index in [2.05, 4.69) is 21.4 Å². The molecule has 27 heavy (non-hydrogen) atoms. The molecule has 1 aliphatic rings. The van der Waals surface area contributed by atoms with Crippen molar-refractivity contribution in [3.8, 4) is 5.75 Å². The number of aromatic nitrogens is 2. The maximum absolute atomic E-state index is 12.9. The summed E-state index contributed by atoms with van der Waals surface area (Å²) >= 11 is 1.41. The van der Waals surface area contributed by atoms with Crippen molar-refractivity contribution in [1.82, 2.24) is 14.9 Å². The van der Waals surface area contributed by atoms with Crippen molar-refractivity contribution < 1.29 is 9.53 Å². The molecule has 1 N–H and O–H groups in total. The summed E-state index contributed by atoms with van der Waals surface area (Å²) in [5, 5.41) is 5.62. The molecule has 1 amide bonds. The first-order chi connectivity index (χ1) is 13.1. The molecule has 2 aromatic heterocycles. The Balaban J connectivity index is 1.46. The van der Waals surface area contributed by atoms with Crippen molar-refractivity contribution >= 4 is 28.2 Å². The van der Waals surface area contributed by atoms with E-state index in [9.17, 15) is 4.79 Å². The van der Waals surface area contributed by atoms with E-state index in [1.54, 1.807) is 12.5 Å². The largest absolute Gasteiger partial charge is 0.497 e. The van der Waals surface area contributed by atoms with Crippen LogP contribution in [-0.4, -0.2) is 34.4 Å². The summed E-state index contributed by atoms with van der Waals surface area (Å²) in [5.74, 6) is 1.54. The summed E-state index contributed by atoms with van der Waals surface area (Å²) in [6.07, 6.45) is 0.820. The number of aryl methyl sites for hydroxylation is 1. The molecule has 0 spiro atoms. The van der Waals surface area contributed by atoms with Gasteiger partial charge in [0.05, 0.1) is 7.11 Å². The van der Waals surface area contributed by atoms with Crippen LogP contribution >= 0.6 is 11.3 Å². The molecule has 138 valence electrons. The van der Waals surface area contributed by atoms with Gasteiger partial charge in [0.25, 0.3) is 5.91 Å². The van der Waals surface area contributed by atoms with Crippen molar-refractivity contribution in [2.24, 2.45) is 0 Å². The third-order valence-corrected chi connectivity index (χ3v) is 5.32. The number of nitrogens with zero attached hydrogens (tertiary/aromatic N) is 3. The first-order valence-corrected chi connectivity index (χ1v) is 9.61. The Bertz CT molecular complexity index is 986. The number of carbonyl (C=O) groups excluding carboxylic acids is 1. The van der Waals surface area contributed by atoms with Gasteiger partial charge in [-0.25, -0.2) is 9.97 Å². The Labute approximate surface area is 161 Å². The summed E-state index contributed by atoms with van der Waals surface area (Å²) in [4.78, 5) is 23.6. The van der Waals surface area contributed by atoms with Crippen molar-refractivity contribution in [2.75, 3.05) is 19.0 Å². The minimum absolute atomic E-state index is 0.0435. The third kappa shape index (κ3) is 3.78. The van der Waals surface area contributed by atoms with Gasteiger partial charge in [-0.2, -0.15) is 0 Å². The van der Waals surface area contributed by atoms with Gasteiger partial charge in [0.2, 0.25) is 0 Å². The second kappa shape index (κ2) is 7.36. The Morgan fingerprint density at radius 3 is 2.93 bits per heavy atom. The minimum atomic E-state index is -0.0435. The number of thiazole rings is 1. The maximum Gasteiger partial charge on any atom is 0.273 e. The number of anilines is 2. The summed E-state index contributed by atoms with van der Waals surface area (Å²) in [6.45, 7) is 3.21. The fourth-order valence-electron chi connectivity index (χ4n) is 3.14. The normalized spacial score (nSPS) is 13.2. The van der Waals surface area contributed by atoms with Gasteiger partial charge < -0.3 is 15.0 Å². The standard InChI is InChI=1S/C20H20N4O2S/c1-13-4-3-5-18(21-13)23-20-22-17(12-27-20)19(25)24-9-8-14-10-16(26-2)7-6-15(14)11-24/h3-7,10,12H,8-9,11H2,1-2H3,(H,21,22,23). The molecule has 0 fully saturated rings. The zero-order valence-electron chi connectivity index (χ0n) is 15.2. The van der Waals surface area contributed by atoms with Crippen LogP contribution < -0.4 is 10.1 Å². The smallest absolute Gasteiger partial charge is 0.273 e. The van der Waals surface area contributed by atoms with E-state index in [-0.39, 0.29) is 5.91 Å². The number of pyridine rings is 1. The summed E-state index contributed by atoms with van der Waals surface area (Å²) in [5.41, 5.74) is 3.79. The molecule has 0 radical (unpaired) electrons. The lowest BCUT2D eigenvalue weighted by atomic mass is 9.99. The van der Waals surface area contributed by atoms with Gasteiger partial charge in [-0.1, -0.05) is 12.1 Å². The number of ether oxygens (including phenoxy) is 1. The van der Waals surface area contributed by atoms with E-state index in [0.717, 1.165) is 29.2 Å². The number of rotatable bonds is 4. The van der Waals surface area contributed by atoms with Gasteiger partial charge in [-0.05, 0) is 48.7 Å². The van der Waals surface area contributed by atoms with Crippen LogP contribution in [0.5, 0.6) is 5.75 Å². The molecule has 0 saturated heterocycles. The molecular formula is C20H20N4O2S. The lowest BCUT2D eigenvalue weighted by molar-refractivity contribution is 0.0729. The molecule has 1 aliphatic heterocycles. The first-order valence-electron chi connectivity index (χ1n) is 8.73. The molecule has 0 saturated carbocycles. The van der Waals surface area contributed by atoms with Crippen LogP contribution in [0.15, 0.2) is 41.8 Å². The second-order valence-corrected chi connectivity index (χ2v) is 7.30. The SMILES string of the molecule is COc1ccc2c(c1)CCN(C(=O)c1csc(Nc3cccc(C)n3)n1)C2. The lowest BCUT2D eigenvalue weighted by Gasteiger charge is -2.28. The van der Waals surface area contributed by atoms with Crippen molar-refractivity contribution in [2.45, 2.75) is 19.9 Å². The average molecular weight is 380 g/mol. The number of benzene rings is 1. The average Bonchev–Trinajstić information content (AvgIpc) is 3.15. The lowest BCUT2D eigenvalue weighted by Crippen LogP contribution is -2.36. The highest BCUT2D eigenvalue weighted by Crippen LogP contribution is 2.26. The van der Waals surface area contributed by atoms with E-state index < -0.39 is 0 Å². The topological polar surface area (TPSA) is 67.3 Å². The molecule has 6 nitrogen and oxygen atoms in total. The maximum atomic E-state index is 12.9. The van der Waals surface area contributed by atoms with Crippen LogP contribution in [0.4, 0.5) is 10.9 Å². The second-order valence-electron chi connectivity index (χ2n) is 6.44.